The maximum absolute atomic E-state index is 11.2. The molecule has 0 unspecified atom stereocenters. The van der Waals surface area contributed by atoms with Gasteiger partial charge < -0.3 is 4.42 Å². The molecule has 0 fully saturated rings. The van der Waals surface area contributed by atoms with E-state index in [4.69, 9.17) is 4.42 Å². The van der Waals surface area contributed by atoms with Crippen molar-refractivity contribution in [3.8, 4) is 28.7 Å². The Hall–Kier alpha value is -4.02. The Morgan fingerprint density at radius 1 is 1.10 bits per heavy atom. The maximum Gasteiger partial charge on any atom is 0.280 e. The maximum atomic E-state index is 11.2. The molecule has 2 aromatic carbocycles. The van der Waals surface area contributed by atoms with Crippen molar-refractivity contribution in [2.75, 3.05) is 0 Å². The first-order valence-electron chi connectivity index (χ1n) is 8.62. The lowest BCUT2D eigenvalue weighted by Crippen LogP contribution is -1.90. The zero-order valence-electron chi connectivity index (χ0n) is 15.0. The molecule has 2 heterocycles. The van der Waals surface area contributed by atoms with Crippen molar-refractivity contribution < 1.29 is 9.34 Å². The van der Waals surface area contributed by atoms with Crippen LogP contribution in [0.3, 0.4) is 0 Å². The number of nitro benzene ring substituents is 1. The zero-order valence-corrected chi connectivity index (χ0v) is 15.8. The van der Waals surface area contributed by atoms with Gasteiger partial charge >= 0.3 is 0 Å². The number of para-hydroxylation sites is 1. The molecule has 4 aromatic rings. The molecule has 0 amide bonds. The van der Waals surface area contributed by atoms with Gasteiger partial charge in [-0.3, -0.25) is 10.1 Å². The van der Waals surface area contributed by atoms with Crippen LogP contribution in [0.15, 0.2) is 76.5 Å². The minimum atomic E-state index is -0.450. The van der Waals surface area contributed by atoms with Crippen LogP contribution in [-0.2, 0) is 0 Å². The van der Waals surface area contributed by atoms with Gasteiger partial charge in [0.2, 0.25) is 0 Å². The van der Waals surface area contributed by atoms with E-state index in [2.05, 4.69) is 11.1 Å². The highest BCUT2D eigenvalue weighted by Gasteiger charge is 2.17. The van der Waals surface area contributed by atoms with Crippen molar-refractivity contribution in [3.63, 3.8) is 0 Å². The Morgan fingerprint density at radius 3 is 2.62 bits per heavy atom. The van der Waals surface area contributed by atoms with Gasteiger partial charge in [-0.2, -0.15) is 5.26 Å². The van der Waals surface area contributed by atoms with E-state index in [0.717, 1.165) is 11.3 Å². The number of rotatable bonds is 5. The van der Waals surface area contributed by atoms with Gasteiger partial charge in [0.25, 0.3) is 5.69 Å². The summed E-state index contributed by atoms with van der Waals surface area (Å²) in [4.78, 5) is 15.3. The molecule has 0 aliphatic carbocycles. The molecule has 29 heavy (non-hydrogen) atoms. The van der Waals surface area contributed by atoms with Crippen LogP contribution in [0.5, 0.6) is 0 Å². The van der Waals surface area contributed by atoms with Crippen LogP contribution in [0.2, 0.25) is 0 Å². The molecule has 0 atom stereocenters. The third kappa shape index (κ3) is 3.83. The first-order chi connectivity index (χ1) is 14.2. The SMILES string of the molecule is N#C/C(=C\c1ccc(-c2ccccc2[N+](=O)[O-])o1)c1nc(-c2ccccc2)cs1. The van der Waals surface area contributed by atoms with Gasteiger partial charge in [0, 0.05) is 23.1 Å². The minimum absolute atomic E-state index is 0.0367. The van der Waals surface area contributed by atoms with Crippen LogP contribution in [0, 0.1) is 21.4 Å². The first kappa shape index (κ1) is 18.3. The molecule has 0 saturated heterocycles. The molecule has 140 valence electrons. The van der Waals surface area contributed by atoms with Gasteiger partial charge in [-0.15, -0.1) is 11.3 Å². The summed E-state index contributed by atoms with van der Waals surface area (Å²) in [5, 5.41) is 23.3. The fourth-order valence-electron chi connectivity index (χ4n) is 2.84. The average molecular weight is 399 g/mol. The average Bonchev–Trinajstić information content (AvgIpc) is 3.42. The normalized spacial score (nSPS) is 11.2. The first-order valence-corrected chi connectivity index (χ1v) is 9.50. The van der Waals surface area contributed by atoms with Crippen molar-refractivity contribution in [2.24, 2.45) is 0 Å². The van der Waals surface area contributed by atoms with E-state index in [-0.39, 0.29) is 5.69 Å². The predicted octanol–water partition coefficient (Wildman–Crippen LogP) is 6.04. The highest BCUT2D eigenvalue weighted by molar-refractivity contribution is 7.11. The lowest BCUT2D eigenvalue weighted by Gasteiger charge is -1.98. The van der Waals surface area contributed by atoms with E-state index >= 15 is 0 Å². The second kappa shape index (κ2) is 7.92. The molecule has 0 bridgehead atoms. The van der Waals surface area contributed by atoms with Crippen molar-refractivity contribution in [1.82, 2.24) is 4.98 Å². The second-order valence-corrected chi connectivity index (χ2v) is 6.91. The molecule has 7 heteroatoms. The molecular formula is C22H13N3O3S. The summed E-state index contributed by atoms with van der Waals surface area (Å²) < 4.78 is 5.75. The van der Waals surface area contributed by atoms with Crippen LogP contribution in [0.1, 0.15) is 10.8 Å². The van der Waals surface area contributed by atoms with Gasteiger partial charge in [0.1, 0.15) is 22.6 Å². The quantitative estimate of drug-likeness (QED) is 0.232. The van der Waals surface area contributed by atoms with Gasteiger partial charge in [0.15, 0.2) is 0 Å². The monoisotopic (exact) mass is 399 g/mol. The van der Waals surface area contributed by atoms with Crippen molar-refractivity contribution in [1.29, 1.82) is 5.26 Å². The van der Waals surface area contributed by atoms with Crippen LogP contribution >= 0.6 is 11.3 Å². The molecule has 4 rings (SSSR count). The van der Waals surface area contributed by atoms with Gasteiger partial charge in [0.05, 0.1) is 21.8 Å². The standard InChI is InChI=1S/C22H13N3O3S/c23-13-16(22-24-19(14-29-22)15-6-2-1-3-7-15)12-17-10-11-21(28-17)18-8-4-5-9-20(18)25(26)27/h1-12,14H/b16-12+. The molecule has 6 nitrogen and oxygen atoms in total. The van der Waals surface area contributed by atoms with Crippen LogP contribution in [0.4, 0.5) is 5.69 Å². The largest absolute Gasteiger partial charge is 0.456 e. The van der Waals surface area contributed by atoms with E-state index in [0.29, 0.717) is 27.7 Å². The van der Waals surface area contributed by atoms with Crippen LogP contribution < -0.4 is 0 Å². The summed E-state index contributed by atoms with van der Waals surface area (Å²) in [7, 11) is 0. The topological polar surface area (TPSA) is 93.0 Å². The fourth-order valence-corrected chi connectivity index (χ4v) is 3.63. The van der Waals surface area contributed by atoms with Crippen LogP contribution in [-0.4, -0.2) is 9.91 Å². The molecule has 0 saturated carbocycles. The molecule has 0 spiro atoms. The third-order valence-electron chi connectivity index (χ3n) is 4.20. The Bertz CT molecular complexity index is 1250. The van der Waals surface area contributed by atoms with Gasteiger partial charge in [-0.25, -0.2) is 4.98 Å². The van der Waals surface area contributed by atoms with E-state index < -0.39 is 4.92 Å². The highest BCUT2D eigenvalue weighted by atomic mass is 32.1. The highest BCUT2D eigenvalue weighted by Crippen LogP contribution is 2.32. The second-order valence-electron chi connectivity index (χ2n) is 6.05. The summed E-state index contributed by atoms with van der Waals surface area (Å²) in [5.41, 5.74) is 2.48. The lowest BCUT2D eigenvalue weighted by atomic mass is 10.1. The minimum Gasteiger partial charge on any atom is -0.456 e. The van der Waals surface area contributed by atoms with Gasteiger partial charge in [-0.05, 0) is 18.2 Å². The Labute approximate surface area is 170 Å². The number of benzene rings is 2. The Balaban J connectivity index is 1.66. The van der Waals surface area contributed by atoms with Crippen LogP contribution in [0.25, 0.3) is 34.2 Å². The zero-order chi connectivity index (χ0) is 20.2. The molecule has 0 N–H and O–H groups in total. The summed E-state index contributed by atoms with van der Waals surface area (Å²) >= 11 is 1.37. The number of hydrogen-bond donors (Lipinski definition) is 0. The Morgan fingerprint density at radius 2 is 1.86 bits per heavy atom. The smallest absolute Gasteiger partial charge is 0.280 e. The van der Waals surface area contributed by atoms with Crippen molar-refractivity contribution >= 4 is 28.7 Å². The molecule has 0 aliphatic rings. The fraction of sp³-hybridized carbons (Fsp3) is 0. The van der Waals surface area contributed by atoms with E-state index in [1.165, 1.54) is 17.4 Å². The number of allylic oxidation sites excluding steroid dienone is 1. The van der Waals surface area contributed by atoms with E-state index in [1.54, 1.807) is 36.4 Å². The lowest BCUT2D eigenvalue weighted by molar-refractivity contribution is -0.384. The Kier molecular flexibility index (Phi) is 5.01. The number of nitriles is 1. The number of hydrogen-bond acceptors (Lipinski definition) is 6. The third-order valence-corrected chi connectivity index (χ3v) is 5.08. The molecule has 0 aliphatic heterocycles. The molecule has 2 aromatic heterocycles. The number of nitro groups is 1. The summed E-state index contributed by atoms with van der Waals surface area (Å²) in [6.07, 6.45) is 1.59. The summed E-state index contributed by atoms with van der Waals surface area (Å²) in [6.45, 7) is 0. The predicted molar refractivity (Wildman–Crippen MR) is 112 cm³/mol. The number of thiazole rings is 1. The number of aromatic nitrogens is 1. The summed E-state index contributed by atoms with van der Waals surface area (Å²) in [6, 6.07) is 21.6. The van der Waals surface area contributed by atoms with Crippen molar-refractivity contribution in [3.05, 3.63) is 93.0 Å². The summed E-state index contributed by atoms with van der Waals surface area (Å²) in [5.74, 6) is 0.788. The molecular weight excluding hydrogens is 386 g/mol. The van der Waals surface area contributed by atoms with Gasteiger partial charge in [-0.1, -0.05) is 42.5 Å². The number of nitrogens with zero attached hydrogens (tertiary/aromatic N) is 3. The number of furan rings is 1. The van der Waals surface area contributed by atoms with E-state index in [1.807, 2.05) is 35.7 Å². The van der Waals surface area contributed by atoms with Crippen molar-refractivity contribution in [2.45, 2.75) is 0 Å². The van der Waals surface area contributed by atoms with E-state index in [9.17, 15) is 15.4 Å². The molecule has 0 radical (unpaired) electrons.